The number of hydrogen-bond acceptors (Lipinski definition) is 1. The number of hydrogen-bond donors (Lipinski definition) is 1. The number of benzene rings is 1. The highest BCUT2D eigenvalue weighted by Crippen LogP contribution is 2.23. The zero-order valence-electron chi connectivity index (χ0n) is 6.97. The first-order valence-corrected chi connectivity index (χ1v) is 4.23. The minimum atomic E-state index is -1.18. The molecule has 0 saturated carbocycles. The lowest BCUT2D eigenvalue weighted by atomic mass is 10.1. The lowest BCUT2D eigenvalue weighted by Crippen LogP contribution is -2.10. The van der Waals surface area contributed by atoms with Gasteiger partial charge in [-0.1, -0.05) is 0 Å². The minimum absolute atomic E-state index is 0.109. The van der Waals surface area contributed by atoms with Gasteiger partial charge in [-0.2, -0.15) is 0 Å². The Morgan fingerprint density at radius 2 is 2.00 bits per heavy atom. The third-order valence-corrected chi connectivity index (χ3v) is 1.95. The molecule has 0 aliphatic rings. The number of aliphatic hydroxyl groups is 1. The van der Waals surface area contributed by atoms with E-state index in [9.17, 15) is 13.9 Å². The van der Waals surface area contributed by atoms with E-state index in [-0.39, 0.29) is 5.56 Å². The summed E-state index contributed by atoms with van der Waals surface area (Å²) < 4.78 is 25.6. The summed E-state index contributed by atoms with van der Waals surface area (Å²) in [5.41, 5.74) is -0.109. The van der Waals surface area contributed by atoms with Crippen molar-refractivity contribution in [3.63, 3.8) is 0 Å². The summed E-state index contributed by atoms with van der Waals surface area (Å²) in [7, 11) is 0. The van der Waals surface area contributed by atoms with Gasteiger partial charge in [-0.05, 0) is 25.1 Å². The van der Waals surface area contributed by atoms with Crippen LogP contribution in [0.25, 0.3) is 0 Å². The van der Waals surface area contributed by atoms with Gasteiger partial charge in [0.25, 0.3) is 0 Å². The number of halogens is 3. The fourth-order valence-electron chi connectivity index (χ4n) is 0.989. The van der Waals surface area contributed by atoms with Gasteiger partial charge in [-0.15, -0.1) is 11.6 Å². The molecule has 1 aromatic carbocycles. The van der Waals surface area contributed by atoms with Gasteiger partial charge in [0.1, 0.15) is 11.6 Å². The Balaban J connectivity index is 3.05. The van der Waals surface area contributed by atoms with Gasteiger partial charge >= 0.3 is 0 Å². The molecule has 0 heterocycles. The second-order valence-electron chi connectivity index (χ2n) is 2.79. The highest BCUT2D eigenvalue weighted by molar-refractivity contribution is 6.20. The quantitative estimate of drug-likeness (QED) is 0.738. The van der Waals surface area contributed by atoms with Crippen molar-refractivity contribution in [3.8, 4) is 0 Å². The molecular weight excluding hydrogens is 198 g/mol. The Morgan fingerprint density at radius 3 is 2.54 bits per heavy atom. The van der Waals surface area contributed by atoms with Gasteiger partial charge in [0, 0.05) is 5.56 Å². The van der Waals surface area contributed by atoms with Crippen LogP contribution < -0.4 is 0 Å². The Hall–Kier alpha value is -0.670. The van der Waals surface area contributed by atoms with Gasteiger partial charge in [0.15, 0.2) is 0 Å². The summed E-state index contributed by atoms with van der Waals surface area (Å²) in [4.78, 5) is 0. The fourth-order valence-corrected chi connectivity index (χ4v) is 1.12. The average Bonchev–Trinajstić information content (AvgIpc) is 2.08. The molecule has 1 N–H and O–H groups in total. The molecule has 1 aromatic rings. The maximum Gasteiger partial charge on any atom is 0.129 e. The van der Waals surface area contributed by atoms with Crippen molar-refractivity contribution < 1.29 is 13.9 Å². The largest absolute Gasteiger partial charge is 0.387 e. The first-order valence-electron chi connectivity index (χ1n) is 3.79. The molecule has 72 valence electrons. The summed E-state index contributed by atoms with van der Waals surface area (Å²) >= 11 is 5.55. The van der Waals surface area contributed by atoms with Crippen molar-refractivity contribution in [2.75, 3.05) is 0 Å². The maximum absolute atomic E-state index is 13.0. The minimum Gasteiger partial charge on any atom is -0.387 e. The SMILES string of the molecule is CC(Cl)C(O)c1cc(F)ccc1F. The molecule has 1 rings (SSSR count). The number of alkyl halides is 1. The van der Waals surface area contributed by atoms with Crippen LogP contribution in [-0.4, -0.2) is 10.5 Å². The molecule has 0 aliphatic carbocycles. The van der Waals surface area contributed by atoms with Crippen LogP contribution in [0.2, 0.25) is 0 Å². The lowest BCUT2D eigenvalue weighted by Gasteiger charge is -2.13. The molecule has 1 nitrogen and oxygen atoms in total. The van der Waals surface area contributed by atoms with E-state index >= 15 is 0 Å². The molecule has 0 saturated heterocycles. The molecule has 0 fully saturated rings. The van der Waals surface area contributed by atoms with Gasteiger partial charge in [0.2, 0.25) is 0 Å². The number of rotatable bonds is 2. The van der Waals surface area contributed by atoms with Crippen LogP contribution in [0.4, 0.5) is 8.78 Å². The third-order valence-electron chi connectivity index (χ3n) is 1.71. The Kier molecular flexibility index (Phi) is 3.22. The van der Waals surface area contributed by atoms with Crippen LogP contribution in [0, 0.1) is 11.6 Å². The zero-order valence-corrected chi connectivity index (χ0v) is 7.72. The van der Waals surface area contributed by atoms with Gasteiger partial charge in [-0.25, -0.2) is 8.78 Å². The van der Waals surface area contributed by atoms with Gasteiger partial charge < -0.3 is 5.11 Å². The van der Waals surface area contributed by atoms with E-state index in [0.29, 0.717) is 0 Å². The van der Waals surface area contributed by atoms with Crippen molar-refractivity contribution >= 4 is 11.6 Å². The summed E-state index contributed by atoms with van der Waals surface area (Å²) in [5, 5.41) is 8.71. The first kappa shape index (κ1) is 10.4. The summed E-state index contributed by atoms with van der Waals surface area (Å²) in [5.74, 6) is -1.24. The Bertz CT molecular complexity index is 302. The fraction of sp³-hybridized carbons (Fsp3) is 0.333. The van der Waals surface area contributed by atoms with Crippen molar-refractivity contribution in [2.24, 2.45) is 0 Å². The molecule has 2 unspecified atom stereocenters. The maximum atomic E-state index is 13.0. The molecule has 0 bridgehead atoms. The van der Waals surface area contributed by atoms with E-state index in [4.69, 9.17) is 11.6 Å². The van der Waals surface area contributed by atoms with Gasteiger partial charge in [-0.3, -0.25) is 0 Å². The molecule has 13 heavy (non-hydrogen) atoms. The number of aliphatic hydroxyl groups excluding tert-OH is 1. The van der Waals surface area contributed by atoms with E-state index in [2.05, 4.69) is 0 Å². The van der Waals surface area contributed by atoms with Crippen LogP contribution in [0.3, 0.4) is 0 Å². The molecule has 0 spiro atoms. The topological polar surface area (TPSA) is 20.2 Å². The standard InChI is InChI=1S/C9H9ClF2O/c1-5(10)9(13)7-4-6(11)2-3-8(7)12/h2-5,9,13H,1H3. The predicted octanol–water partition coefficient (Wildman–Crippen LogP) is 2.63. The molecular formula is C9H9ClF2O. The van der Waals surface area contributed by atoms with Crippen LogP contribution in [-0.2, 0) is 0 Å². The zero-order chi connectivity index (χ0) is 10.0. The lowest BCUT2D eigenvalue weighted by molar-refractivity contribution is 0.172. The first-order chi connectivity index (χ1) is 6.02. The predicted molar refractivity (Wildman–Crippen MR) is 46.6 cm³/mol. The van der Waals surface area contributed by atoms with Crippen LogP contribution in [0.1, 0.15) is 18.6 Å². The Morgan fingerprint density at radius 1 is 1.38 bits per heavy atom. The molecule has 0 radical (unpaired) electrons. The van der Waals surface area contributed by atoms with Crippen LogP contribution in [0.15, 0.2) is 18.2 Å². The van der Waals surface area contributed by atoms with Gasteiger partial charge in [0.05, 0.1) is 11.5 Å². The van der Waals surface area contributed by atoms with Crippen molar-refractivity contribution in [2.45, 2.75) is 18.4 Å². The van der Waals surface area contributed by atoms with E-state index in [1.165, 1.54) is 6.92 Å². The molecule has 4 heteroatoms. The summed E-state index contributed by atoms with van der Waals surface area (Å²) in [6.45, 7) is 1.51. The second kappa shape index (κ2) is 4.03. The molecule has 0 amide bonds. The third kappa shape index (κ3) is 2.39. The van der Waals surface area contributed by atoms with E-state index < -0.39 is 23.1 Å². The highest BCUT2D eigenvalue weighted by atomic mass is 35.5. The van der Waals surface area contributed by atoms with E-state index in [1.54, 1.807) is 0 Å². The van der Waals surface area contributed by atoms with Crippen molar-refractivity contribution in [3.05, 3.63) is 35.4 Å². The average molecular weight is 207 g/mol. The Labute approximate surface area is 80.0 Å². The normalized spacial score (nSPS) is 15.5. The summed E-state index contributed by atoms with van der Waals surface area (Å²) in [6.07, 6.45) is -1.18. The monoisotopic (exact) mass is 206 g/mol. The van der Waals surface area contributed by atoms with Crippen LogP contribution >= 0.6 is 11.6 Å². The van der Waals surface area contributed by atoms with E-state index in [0.717, 1.165) is 18.2 Å². The van der Waals surface area contributed by atoms with Crippen LogP contribution in [0.5, 0.6) is 0 Å². The molecule has 0 aromatic heterocycles. The molecule has 2 atom stereocenters. The summed E-state index contributed by atoms with van der Waals surface area (Å²) in [6, 6.07) is 2.90. The van der Waals surface area contributed by atoms with Crippen molar-refractivity contribution in [1.29, 1.82) is 0 Å². The van der Waals surface area contributed by atoms with E-state index in [1.807, 2.05) is 0 Å². The second-order valence-corrected chi connectivity index (χ2v) is 3.48. The van der Waals surface area contributed by atoms with Crippen molar-refractivity contribution in [1.82, 2.24) is 0 Å². The smallest absolute Gasteiger partial charge is 0.129 e. The molecule has 0 aliphatic heterocycles. The highest BCUT2D eigenvalue weighted by Gasteiger charge is 2.18.